The minimum Gasteiger partial charge on any atom is -0.486 e. The maximum absolute atomic E-state index is 10.9. The molecule has 1 N–H and O–H groups in total. The van der Waals surface area contributed by atoms with Crippen LogP contribution in [0.5, 0.6) is 5.75 Å². The highest BCUT2D eigenvalue weighted by atomic mass is 32.2. The summed E-state index contributed by atoms with van der Waals surface area (Å²) < 4.78 is 7.32. The topological polar surface area (TPSA) is 89.6 Å². The van der Waals surface area contributed by atoms with Crippen molar-refractivity contribution in [2.45, 2.75) is 11.8 Å². The smallest absolute Gasteiger partial charge is 0.335 e. The van der Waals surface area contributed by atoms with Gasteiger partial charge in [-0.1, -0.05) is 42.1 Å². The van der Waals surface area contributed by atoms with Crippen LogP contribution in [0.3, 0.4) is 0 Å². The van der Waals surface area contributed by atoms with Gasteiger partial charge in [0.25, 0.3) is 0 Å². The Balaban J connectivity index is 1.77. The third-order valence-electron chi connectivity index (χ3n) is 3.45. The molecular weight excluding hydrogens is 352 g/mol. The van der Waals surface area contributed by atoms with Crippen molar-refractivity contribution < 1.29 is 14.6 Å². The molecular formula is C18H16N4O3S. The van der Waals surface area contributed by atoms with Gasteiger partial charge < -0.3 is 9.84 Å². The fraction of sp³-hybridized carbons (Fsp3) is 0.111. The van der Waals surface area contributed by atoms with Crippen LogP contribution in [0.25, 0.3) is 0 Å². The third-order valence-corrected chi connectivity index (χ3v) is 4.07. The molecule has 1 heterocycles. The lowest BCUT2D eigenvalue weighted by Crippen LogP contribution is -2.05. The van der Waals surface area contributed by atoms with E-state index in [0.717, 1.165) is 11.3 Å². The van der Waals surface area contributed by atoms with Crippen LogP contribution in [0.4, 0.5) is 0 Å². The van der Waals surface area contributed by atoms with Crippen molar-refractivity contribution >= 4 is 23.9 Å². The number of aromatic nitrogens is 3. The zero-order valence-corrected chi connectivity index (χ0v) is 14.8. The van der Waals surface area contributed by atoms with Crippen molar-refractivity contribution in [2.24, 2.45) is 5.10 Å². The fourth-order valence-electron chi connectivity index (χ4n) is 2.13. The number of carboxylic acid groups (broad SMARTS) is 1. The van der Waals surface area contributed by atoms with Crippen LogP contribution in [-0.4, -0.2) is 38.4 Å². The monoisotopic (exact) mass is 368 g/mol. The first kappa shape index (κ1) is 17.7. The van der Waals surface area contributed by atoms with Crippen molar-refractivity contribution in [3.8, 4) is 5.75 Å². The molecule has 0 saturated carbocycles. The molecule has 8 heteroatoms. The Morgan fingerprint density at radius 1 is 1.19 bits per heavy atom. The maximum Gasteiger partial charge on any atom is 0.335 e. The van der Waals surface area contributed by atoms with Crippen LogP contribution in [0.2, 0.25) is 0 Å². The molecule has 2 aromatic carbocycles. The van der Waals surface area contributed by atoms with Crippen molar-refractivity contribution in [1.82, 2.24) is 14.9 Å². The van der Waals surface area contributed by atoms with Gasteiger partial charge in [0.15, 0.2) is 5.82 Å². The van der Waals surface area contributed by atoms with Gasteiger partial charge in [0.2, 0.25) is 5.16 Å². The first-order valence-electron chi connectivity index (χ1n) is 7.71. The molecule has 1 aromatic heterocycles. The van der Waals surface area contributed by atoms with Gasteiger partial charge in [-0.3, -0.25) is 0 Å². The lowest BCUT2D eigenvalue weighted by molar-refractivity contribution is 0.0697. The molecule has 0 spiro atoms. The van der Waals surface area contributed by atoms with Crippen molar-refractivity contribution in [2.75, 3.05) is 6.26 Å². The van der Waals surface area contributed by atoms with E-state index in [1.54, 1.807) is 23.0 Å². The molecule has 3 rings (SSSR count). The molecule has 0 aliphatic heterocycles. The molecule has 0 bridgehead atoms. The van der Waals surface area contributed by atoms with Gasteiger partial charge in [0.05, 0.1) is 11.8 Å². The molecule has 0 amide bonds. The average molecular weight is 368 g/mol. The summed E-state index contributed by atoms with van der Waals surface area (Å²) in [5, 5.41) is 22.2. The second-order valence-corrected chi connectivity index (χ2v) is 5.96. The van der Waals surface area contributed by atoms with E-state index in [9.17, 15) is 4.79 Å². The number of para-hydroxylation sites is 1. The molecule has 0 fully saturated rings. The predicted octanol–water partition coefficient (Wildman–Crippen LogP) is 3.16. The Morgan fingerprint density at radius 2 is 1.92 bits per heavy atom. The number of hydrogen-bond acceptors (Lipinski definition) is 6. The molecule has 0 aliphatic rings. The summed E-state index contributed by atoms with van der Waals surface area (Å²) in [7, 11) is 0. The minimum absolute atomic E-state index is 0.229. The Kier molecular flexibility index (Phi) is 5.65. The highest BCUT2D eigenvalue weighted by Crippen LogP contribution is 2.16. The first-order chi connectivity index (χ1) is 12.7. The van der Waals surface area contributed by atoms with E-state index in [0.29, 0.717) is 11.0 Å². The highest BCUT2D eigenvalue weighted by Gasteiger charge is 2.11. The number of carbonyl (C=O) groups is 1. The third kappa shape index (κ3) is 4.28. The summed E-state index contributed by atoms with van der Waals surface area (Å²) in [6.45, 7) is 0.229. The average Bonchev–Trinajstić information content (AvgIpc) is 3.07. The first-order valence-corrected chi connectivity index (χ1v) is 8.93. The number of rotatable bonds is 7. The second kappa shape index (κ2) is 8.30. The SMILES string of the molecule is CSc1nnc(COc2ccccc2)n1/N=C\c1ccc(C(=O)O)cc1. The lowest BCUT2D eigenvalue weighted by atomic mass is 10.1. The number of benzene rings is 2. The number of ether oxygens (including phenoxy) is 1. The Labute approximate surface area is 154 Å². The van der Waals surface area contributed by atoms with Gasteiger partial charge in [-0.25, -0.2) is 4.79 Å². The van der Waals surface area contributed by atoms with Gasteiger partial charge in [0, 0.05) is 0 Å². The summed E-state index contributed by atoms with van der Waals surface area (Å²) in [5.74, 6) is 0.343. The van der Waals surface area contributed by atoms with Crippen molar-refractivity contribution in [3.05, 3.63) is 71.5 Å². The van der Waals surface area contributed by atoms with Crippen LogP contribution in [0, 0.1) is 0 Å². The van der Waals surface area contributed by atoms with E-state index in [1.165, 1.54) is 23.9 Å². The summed E-state index contributed by atoms with van der Waals surface area (Å²) in [4.78, 5) is 10.9. The molecule has 0 radical (unpaired) electrons. The molecule has 26 heavy (non-hydrogen) atoms. The molecule has 3 aromatic rings. The van der Waals surface area contributed by atoms with Crippen LogP contribution >= 0.6 is 11.8 Å². The number of aromatic carboxylic acids is 1. The van der Waals surface area contributed by atoms with Crippen LogP contribution in [0.15, 0.2) is 64.9 Å². The number of hydrogen-bond donors (Lipinski definition) is 1. The molecule has 0 saturated heterocycles. The number of thioether (sulfide) groups is 1. The standard InChI is InChI=1S/C18H16N4O3S/c1-26-18-21-20-16(12-25-15-5-3-2-4-6-15)22(18)19-11-13-7-9-14(10-8-13)17(23)24/h2-11H,12H2,1H3,(H,23,24)/b19-11-. The summed E-state index contributed by atoms with van der Waals surface area (Å²) in [6, 6.07) is 15.9. The Hall–Kier alpha value is -3.13. The van der Waals surface area contributed by atoms with Crippen LogP contribution in [-0.2, 0) is 6.61 Å². The Morgan fingerprint density at radius 3 is 2.58 bits per heavy atom. The molecule has 7 nitrogen and oxygen atoms in total. The summed E-state index contributed by atoms with van der Waals surface area (Å²) in [5.41, 5.74) is 0.999. The van der Waals surface area contributed by atoms with Crippen molar-refractivity contribution in [3.63, 3.8) is 0 Å². The van der Waals surface area contributed by atoms with Gasteiger partial charge in [-0.15, -0.1) is 10.2 Å². The molecule has 0 unspecified atom stereocenters. The van der Waals surface area contributed by atoms with E-state index in [-0.39, 0.29) is 12.2 Å². The zero-order valence-electron chi connectivity index (χ0n) is 13.9. The van der Waals surface area contributed by atoms with Gasteiger partial charge in [-0.2, -0.15) is 9.78 Å². The van der Waals surface area contributed by atoms with Crippen molar-refractivity contribution in [1.29, 1.82) is 0 Å². The van der Waals surface area contributed by atoms with Gasteiger partial charge in [-0.05, 0) is 36.1 Å². The zero-order chi connectivity index (χ0) is 18.4. The van der Waals surface area contributed by atoms with E-state index >= 15 is 0 Å². The van der Waals surface area contributed by atoms with Crippen LogP contribution < -0.4 is 4.74 Å². The molecule has 0 atom stereocenters. The van der Waals surface area contributed by atoms with E-state index in [1.807, 2.05) is 36.6 Å². The molecule has 132 valence electrons. The van der Waals surface area contributed by atoms with Crippen LogP contribution in [0.1, 0.15) is 21.7 Å². The van der Waals surface area contributed by atoms with E-state index in [4.69, 9.17) is 9.84 Å². The normalized spacial score (nSPS) is 11.0. The van der Waals surface area contributed by atoms with E-state index in [2.05, 4.69) is 15.3 Å². The quantitative estimate of drug-likeness (QED) is 0.509. The second-order valence-electron chi connectivity index (χ2n) is 5.19. The van der Waals surface area contributed by atoms with E-state index < -0.39 is 5.97 Å². The number of nitrogens with zero attached hydrogens (tertiary/aromatic N) is 4. The van der Waals surface area contributed by atoms with Gasteiger partial charge >= 0.3 is 5.97 Å². The maximum atomic E-state index is 10.9. The Bertz CT molecular complexity index is 908. The summed E-state index contributed by atoms with van der Waals surface area (Å²) in [6.07, 6.45) is 3.51. The highest BCUT2D eigenvalue weighted by molar-refractivity contribution is 7.98. The minimum atomic E-state index is -0.961. The molecule has 0 aliphatic carbocycles. The lowest BCUT2D eigenvalue weighted by Gasteiger charge is -2.06. The summed E-state index contributed by atoms with van der Waals surface area (Å²) >= 11 is 1.42. The van der Waals surface area contributed by atoms with Gasteiger partial charge in [0.1, 0.15) is 12.4 Å². The fourth-order valence-corrected chi connectivity index (χ4v) is 2.58. The predicted molar refractivity (Wildman–Crippen MR) is 99.0 cm³/mol. The number of carboxylic acids is 1. The largest absolute Gasteiger partial charge is 0.486 e.